The molecule has 1 saturated heterocycles. The molecule has 1 aromatic carbocycles. The van der Waals surface area contributed by atoms with Gasteiger partial charge in [-0.15, -0.1) is 11.3 Å². The van der Waals surface area contributed by atoms with Crippen LogP contribution in [0.15, 0.2) is 29.6 Å². The lowest BCUT2D eigenvalue weighted by molar-refractivity contribution is -0.129. The summed E-state index contributed by atoms with van der Waals surface area (Å²) in [5.41, 5.74) is 1.79. The summed E-state index contributed by atoms with van der Waals surface area (Å²) in [6, 6.07) is 6.10. The molecule has 0 bridgehead atoms. The fourth-order valence-electron chi connectivity index (χ4n) is 2.73. The average molecular weight is 388 g/mol. The van der Waals surface area contributed by atoms with Gasteiger partial charge in [0, 0.05) is 11.9 Å². The second-order valence-corrected chi connectivity index (χ2v) is 6.99. The Morgan fingerprint density at radius 2 is 2.07 bits per heavy atom. The summed E-state index contributed by atoms with van der Waals surface area (Å²) < 4.78 is 5.11. The van der Waals surface area contributed by atoms with Crippen molar-refractivity contribution in [2.24, 2.45) is 0 Å². The standard InChI is InChI=1S/C18H20N4O4S/c1-11-10-27-17(19-11)21-15(23)9-14-16(24)22(18(25)20-14)8-7-12-3-5-13(26-2)6-4-12/h3-6,10,14H,7-9H2,1-2H3,(H,20,25)(H,19,21,23). The van der Waals surface area contributed by atoms with Crippen LogP contribution in [0.1, 0.15) is 17.7 Å². The lowest BCUT2D eigenvalue weighted by Crippen LogP contribution is -2.34. The van der Waals surface area contributed by atoms with Gasteiger partial charge in [-0.3, -0.25) is 14.5 Å². The molecular weight excluding hydrogens is 368 g/mol. The number of amides is 4. The molecule has 1 aromatic heterocycles. The van der Waals surface area contributed by atoms with Crippen molar-refractivity contribution < 1.29 is 19.1 Å². The Labute approximate surface area is 160 Å². The summed E-state index contributed by atoms with van der Waals surface area (Å²) in [4.78, 5) is 41.9. The quantitative estimate of drug-likeness (QED) is 0.706. The highest BCUT2D eigenvalue weighted by molar-refractivity contribution is 7.13. The number of rotatable bonds is 7. The minimum absolute atomic E-state index is 0.123. The number of hydrogen-bond donors (Lipinski definition) is 2. The molecule has 0 radical (unpaired) electrons. The van der Waals surface area contributed by atoms with Gasteiger partial charge in [0.15, 0.2) is 5.13 Å². The van der Waals surface area contributed by atoms with Crippen LogP contribution in [0.4, 0.5) is 9.93 Å². The molecule has 3 rings (SSSR count). The molecule has 0 saturated carbocycles. The Morgan fingerprint density at radius 1 is 1.33 bits per heavy atom. The fraction of sp³-hybridized carbons (Fsp3) is 0.333. The molecule has 1 aliphatic rings. The Morgan fingerprint density at radius 3 is 2.70 bits per heavy atom. The molecule has 2 N–H and O–H groups in total. The van der Waals surface area contributed by atoms with E-state index in [9.17, 15) is 14.4 Å². The zero-order chi connectivity index (χ0) is 19.4. The number of aromatic nitrogens is 1. The van der Waals surface area contributed by atoms with Crippen LogP contribution < -0.4 is 15.4 Å². The van der Waals surface area contributed by atoms with Crippen molar-refractivity contribution in [3.05, 3.63) is 40.9 Å². The first-order valence-electron chi connectivity index (χ1n) is 8.43. The predicted octanol–water partition coefficient (Wildman–Crippen LogP) is 1.95. The monoisotopic (exact) mass is 388 g/mol. The van der Waals surface area contributed by atoms with Gasteiger partial charge in [0.2, 0.25) is 5.91 Å². The first kappa shape index (κ1) is 18.8. The van der Waals surface area contributed by atoms with Crippen molar-refractivity contribution in [1.82, 2.24) is 15.2 Å². The number of urea groups is 1. The number of hydrogen-bond acceptors (Lipinski definition) is 6. The van der Waals surface area contributed by atoms with Crippen molar-refractivity contribution in [1.29, 1.82) is 0 Å². The summed E-state index contributed by atoms with van der Waals surface area (Å²) in [6.45, 7) is 2.08. The fourth-order valence-corrected chi connectivity index (χ4v) is 3.43. The second-order valence-electron chi connectivity index (χ2n) is 6.14. The number of imide groups is 1. The van der Waals surface area contributed by atoms with E-state index < -0.39 is 12.1 Å². The van der Waals surface area contributed by atoms with E-state index in [4.69, 9.17) is 4.74 Å². The molecular formula is C18H20N4O4S. The van der Waals surface area contributed by atoms with E-state index >= 15 is 0 Å². The molecule has 0 spiro atoms. The Balaban J connectivity index is 1.53. The van der Waals surface area contributed by atoms with Gasteiger partial charge in [-0.25, -0.2) is 9.78 Å². The van der Waals surface area contributed by atoms with Gasteiger partial charge in [0.1, 0.15) is 11.8 Å². The molecule has 2 heterocycles. The molecule has 142 valence electrons. The number of aryl methyl sites for hydroxylation is 1. The van der Waals surface area contributed by atoms with Crippen LogP contribution in [0, 0.1) is 6.92 Å². The number of methoxy groups -OCH3 is 1. The maximum absolute atomic E-state index is 12.5. The number of benzene rings is 1. The maximum atomic E-state index is 12.5. The molecule has 8 nitrogen and oxygen atoms in total. The van der Waals surface area contributed by atoms with E-state index in [0.29, 0.717) is 11.6 Å². The number of nitrogens with zero attached hydrogens (tertiary/aromatic N) is 2. The lowest BCUT2D eigenvalue weighted by atomic mass is 10.1. The van der Waals surface area contributed by atoms with Gasteiger partial charge >= 0.3 is 6.03 Å². The maximum Gasteiger partial charge on any atom is 0.324 e. The second kappa shape index (κ2) is 8.17. The van der Waals surface area contributed by atoms with Crippen molar-refractivity contribution in [3.8, 4) is 5.75 Å². The highest BCUT2D eigenvalue weighted by Crippen LogP contribution is 2.17. The van der Waals surface area contributed by atoms with Crippen LogP contribution in [0.5, 0.6) is 5.75 Å². The third-order valence-corrected chi connectivity index (χ3v) is 5.02. The highest BCUT2D eigenvalue weighted by Gasteiger charge is 2.38. The van der Waals surface area contributed by atoms with Crippen molar-refractivity contribution in [3.63, 3.8) is 0 Å². The molecule has 1 fully saturated rings. The molecule has 4 amide bonds. The van der Waals surface area contributed by atoms with Crippen LogP contribution >= 0.6 is 11.3 Å². The Kier molecular flexibility index (Phi) is 5.70. The third-order valence-electron chi connectivity index (χ3n) is 4.15. The summed E-state index contributed by atoms with van der Waals surface area (Å²) in [5.74, 6) is -0.00534. The first-order chi connectivity index (χ1) is 13.0. The van der Waals surface area contributed by atoms with E-state index in [-0.39, 0.29) is 24.8 Å². The number of thiazole rings is 1. The molecule has 2 aromatic rings. The minimum atomic E-state index is -0.852. The number of ether oxygens (including phenoxy) is 1. The third kappa shape index (κ3) is 4.62. The summed E-state index contributed by atoms with van der Waals surface area (Å²) in [6.07, 6.45) is 0.405. The van der Waals surface area contributed by atoms with E-state index in [1.165, 1.54) is 11.3 Å². The van der Waals surface area contributed by atoms with Crippen LogP contribution in [0.3, 0.4) is 0 Å². The zero-order valence-corrected chi connectivity index (χ0v) is 15.8. The van der Waals surface area contributed by atoms with Crippen LogP contribution in [0.25, 0.3) is 0 Å². The highest BCUT2D eigenvalue weighted by atomic mass is 32.1. The van der Waals surface area contributed by atoms with Crippen molar-refractivity contribution in [2.45, 2.75) is 25.8 Å². The van der Waals surface area contributed by atoms with Crippen molar-refractivity contribution >= 4 is 34.3 Å². The Bertz CT molecular complexity index is 849. The number of carbonyl (C=O) groups is 3. The molecule has 0 aliphatic carbocycles. The van der Waals surface area contributed by atoms with Crippen LogP contribution in [-0.4, -0.2) is 47.4 Å². The number of carbonyl (C=O) groups excluding carboxylic acids is 3. The summed E-state index contributed by atoms with van der Waals surface area (Å²) in [5, 5.41) is 7.51. The van der Waals surface area contributed by atoms with Crippen LogP contribution in [-0.2, 0) is 16.0 Å². The zero-order valence-electron chi connectivity index (χ0n) is 15.0. The minimum Gasteiger partial charge on any atom is -0.497 e. The number of anilines is 1. The molecule has 1 aliphatic heterocycles. The van der Waals surface area contributed by atoms with Crippen LogP contribution in [0.2, 0.25) is 0 Å². The average Bonchev–Trinajstić information content (AvgIpc) is 3.16. The van der Waals surface area contributed by atoms with E-state index in [2.05, 4.69) is 15.6 Å². The van der Waals surface area contributed by atoms with E-state index in [1.807, 2.05) is 36.6 Å². The lowest BCUT2D eigenvalue weighted by Gasteiger charge is -2.13. The topological polar surface area (TPSA) is 101 Å². The molecule has 1 unspecified atom stereocenters. The van der Waals surface area contributed by atoms with Gasteiger partial charge < -0.3 is 15.4 Å². The van der Waals surface area contributed by atoms with Crippen molar-refractivity contribution in [2.75, 3.05) is 19.0 Å². The smallest absolute Gasteiger partial charge is 0.324 e. The number of nitrogens with one attached hydrogen (secondary N) is 2. The van der Waals surface area contributed by atoms with Gasteiger partial charge in [-0.1, -0.05) is 12.1 Å². The van der Waals surface area contributed by atoms with E-state index in [0.717, 1.165) is 21.9 Å². The summed E-state index contributed by atoms with van der Waals surface area (Å²) >= 11 is 1.31. The molecule has 1 atom stereocenters. The van der Waals surface area contributed by atoms with E-state index in [1.54, 1.807) is 7.11 Å². The van der Waals surface area contributed by atoms with Gasteiger partial charge in [-0.05, 0) is 31.0 Å². The Hall–Kier alpha value is -2.94. The SMILES string of the molecule is COc1ccc(CCN2C(=O)NC(CC(=O)Nc3nc(C)cs3)C2=O)cc1. The normalized spacial score (nSPS) is 16.4. The first-order valence-corrected chi connectivity index (χ1v) is 9.31. The summed E-state index contributed by atoms with van der Waals surface area (Å²) in [7, 11) is 1.59. The largest absolute Gasteiger partial charge is 0.497 e. The predicted molar refractivity (Wildman–Crippen MR) is 101 cm³/mol. The van der Waals surface area contributed by atoms with Gasteiger partial charge in [0.05, 0.1) is 19.2 Å². The molecule has 9 heteroatoms. The van der Waals surface area contributed by atoms with Gasteiger partial charge in [-0.2, -0.15) is 0 Å². The van der Waals surface area contributed by atoms with Gasteiger partial charge in [0.25, 0.3) is 5.91 Å². The molecule has 27 heavy (non-hydrogen) atoms.